The summed E-state index contributed by atoms with van der Waals surface area (Å²) >= 11 is 0. The second-order valence-corrected chi connectivity index (χ2v) is 6.46. The molecule has 1 aliphatic carbocycles. The lowest BCUT2D eigenvalue weighted by Gasteiger charge is -2.20. The van der Waals surface area contributed by atoms with Crippen molar-refractivity contribution in [2.45, 2.75) is 51.8 Å². The third-order valence-corrected chi connectivity index (χ3v) is 3.24. The Labute approximate surface area is 138 Å². The van der Waals surface area contributed by atoms with Gasteiger partial charge in [0, 0.05) is 0 Å². The molecule has 2 N–H and O–H groups in total. The Kier molecular flexibility index (Phi) is 5.05. The number of hydrogen-bond acceptors (Lipinski definition) is 4. The Morgan fingerprint density at radius 1 is 1.25 bits per heavy atom. The molecule has 5 nitrogen and oxygen atoms in total. The lowest BCUT2D eigenvalue weighted by molar-refractivity contribution is -0.138. The fourth-order valence-electron chi connectivity index (χ4n) is 2.31. The maximum Gasteiger partial charge on any atom is 0.426 e. The lowest BCUT2D eigenvalue weighted by atomic mass is 10.1. The number of nitrogens with zero attached hydrogens (tertiary/aromatic N) is 1. The topological polar surface area (TPSA) is 63.2 Å². The number of alkyl halides is 3. The number of rotatable bonds is 3. The van der Waals surface area contributed by atoms with E-state index in [2.05, 4.69) is 15.8 Å². The largest absolute Gasteiger partial charge is 0.443 e. The minimum atomic E-state index is -4.48. The van der Waals surface area contributed by atoms with E-state index < -0.39 is 23.4 Å². The highest BCUT2D eigenvalue weighted by Crippen LogP contribution is 2.37. The van der Waals surface area contributed by atoms with E-state index in [1.807, 2.05) is 0 Å². The molecular weight excluding hydrogens is 323 g/mol. The Morgan fingerprint density at radius 3 is 2.50 bits per heavy atom. The van der Waals surface area contributed by atoms with Crippen LogP contribution in [0.1, 0.15) is 51.3 Å². The van der Waals surface area contributed by atoms with Gasteiger partial charge >= 0.3 is 12.3 Å². The van der Waals surface area contributed by atoms with Crippen molar-refractivity contribution in [3.63, 3.8) is 0 Å². The maximum atomic E-state index is 13.2. The lowest BCUT2D eigenvalue weighted by Crippen LogP contribution is -2.36. The zero-order chi connectivity index (χ0) is 18.0. The molecule has 0 radical (unpaired) electrons. The highest BCUT2D eigenvalue weighted by Gasteiger charge is 2.35. The summed E-state index contributed by atoms with van der Waals surface area (Å²) in [6.07, 6.45) is -1.36. The fourth-order valence-corrected chi connectivity index (χ4v) is 2.31. The van der Waals surface area contributed by atoms with Crippen LogP contribution in [0.25, 0.3) is 5.57 Å². The van der Waals surface area contributed by atoms with E-state index in [0.717, 1.165) is 18.9 Å². The molecule has 1 aliphatic rings. The molecule has 1 heterocycles. The minimum absolute atomic E-state index is 0.101. The second-order valence-electron chi connectivity index (χ2n) is 6.46. The monoisotopic (exact) mass is 343 g/mol. The number of aromatic nitrogens is 1. The van der Waals surface area contributed by atoms with Crippen molar-refractivity contribution in [1.82, 2.24) is 10.4 Å². The molecule has 1 amide bonds. The zero-order valence-electron chi connectivity index (χ0n) is 13.8. The van der Waals surface area contributed by atoms with Crippen LogP contribution < -0.4 is 10.9 Å². The number of hydrogen-bond donors (Lipinski definition) is 2. The molecule has 8 heteroatoms. The van der Waals surface area contributed by atoms with Gasteiger partial charge in [-0.15, -0.1) is 0 Å². The van der Waals surface area contributed by atoms with Crippen molar-refractivity contribution in [1.29, 1.82) is 0 Å². The first-order valence-electron chi connectivity index (χ1n) is 7.59. The SMILES string of the molecule is CC(C)(C)OC(=O)NNc1ccc(C(F)(F)F)c(C2=CCCC2)n1. The Bertz CT molecular complexity index is 649. The molecule has 24 heavy (non-hydrogen) atoms. The van der Waals surface area contributed by atoms with E-state index in [-0.39, 0.29) is 11.5 Å². The smallest absolute Gasteiger partial charge is 0.426 e. The number of anilines is 1. The molecule has 0 bridgehead atoms. The van der Waals surface area contributed by atoms with Gasteiger partial charge in [0.25, 0.3) is 0 Å². The molecule has 132 valence electrons. The molecule has 0 unspecified atom stereocenters. The average molecular weight is 343 g/mol. The maximum absolute atomic E-state index is 13.2. The number of ether oxygens (including phenoxy) is 1. The van der Waals surface area contributed by atoms with Crippen molar-refractivity contribution < 1.29 is 22.7 Å². The van der Waals surface area contributed by atoms with Crippen LogP contribution in [0.4, 0.5) is 23.8 Å². The Balaban J connectivity index is 2.18. The van der Waals surface area contributed by atoms with Gasteiger partial charge in [0.1, 0.15) is 11.4 Å². The number of carbonyl (C=O) groups is 1. The van der Waals surface area contributed by atoms with Gasteiger partial charge in [0.15, 0.2) is 0 Å². The van der Waals surface area contributed by atoms with E-state index in [0.29, 0.717) is 12.0 Å². The molecule has 1 aromatic rings. The standard InChI is InChI=1S/C16H20F3N3O2/c1-15(2,3)24-14(23)22-21-12-9-8-11(16(17,18)19)13(20-12)10-6-4-5-7-10/h6,8-9H,4-5,7H2,1-3H3,(H,20,21)(H,22,23). The number of carbonyl (C=O) groups excluding carboxylic acids is 1. The van der Waals surface area contributed by atoms with Crippen molar-refractivity contribution >= 4 is 17.5 Å². The average Bonchev–Trinajstić information content (AvgIpc) is 2.96. The first-order chi connectivity index (χ1) is 11.1. The van der Waals surface area contributed by atoms with Gasteiger partial charge in [-0.2, -0.15) is 13.2 Å². The highest BCUT2D eigenvalue weighted by molar-refractivity contribution is 5.71. The van der Waals surface area contributed by atoms with Crippen LogP contribution in [0.5, 0.6) is 0 Å². The van der Waals surface area contributed by atoms with Crippen LogP contribution in [-0.2, 0) is 10.9 Å². The summed E-state index contributed by atoms with van der Waals surface area (Å²) in [5, 5.41) is 0. The summed E-state index contributed by atoms with van der Waals surface area (Å²) in [4.78, 5) is 15.6. The Hall–Kier alpha value is -2.25. The van der Waals surface area contributed by atoms with E-state index in [4.69, 9.17) is 4.74 Å². The molecule has 0 saturated carbocycles. The molecule has 0 saturated heterocycles. The molecule has 0 aromatic carbocycles. The van der Waals surface area contributed by atoms with Gasteiger partial charge in [-0.25, -0.2) is 15.2 Å². The number of hydrazine groups is 1. The molecule has 1 aromatic heterocycles. The van der Waals surface area contributed by atoms with Gasteiger partial charge in [-0.05, 0) is 57.7 Å². The number of amides is 1. The number of pyridine rings is 1. The van der Waals surface area contributed by atoms with Gasteiger partial charge in [0.05, 0.1) is 11.3 Å². The number of halogens is 3. The van der Waals surface area contributed by atoms with Gasteiger partial charge in [-0.1, -0.05) is 6.08 Å². The molecule has 0 spiro atoms. The van der Waals surface area contributed by atoms with Crippen LogP contribution in [-0.4, -0.2) is 16.7 Å². The molecule has 0 fully saturated rings. The van der Waals surface area contributed by atoms with Crippen molar-refractivity contribution in [3.8, 4) is 0 Å². The first kappa shape index (κ1) is 18.1. The normalized spacial score (nSPS) is 15.0. The number of allylic oxidation sites excluding steroid dienone is 2. The summed E-state index contributed by atoms with van der Waals surface area (Å²) in [6, 6.07) is 2.12. The fraction of sp³-hybridized carbons (Fsp3) is 0.500. The van der Waals surface area contributed by atoms with Crippen LogP contribution >= 0.6 is 0 Å². The predicted octanol–water partition coefficient (Wildman–Crippen LogP) is 4.52. The van der Waals surface area contributed by atoms with Gasteiger partial charge < -0.3 is 4.74 Å². The van der Waals surface area contributed by atoms with E-state index in [1.54, 1.807) is 26.8 Å². The molecule has 0 aliphatic heterocycles. The van der Waals surface area contributed by atoms with Crippen LogP contribution in [0.2, 0.25) is 0 Å². The molecule has 0 atom stereocenters. The second kappa shape index (κ2) is 6.70. The van der Waals surface area contributed by atoms with E-state index in [9.17, 15) is 18.0 Å². The van der Waals surface area contributed by atoms with Gasteiger partial charge in [-0.3, -0.25) is 5.43 Å². The van der Waals surface area contributed by atoms with Gasteiger partial charge in [0.2, 0.25) is 0 Å². The van der Waals surface area contributed by atoms with E-state index in [1.165, 1.54) is 6.07 Å². The predicted molar refractivity (Wildman–Crippen MR) is 84.1 cm³/mol. The Morgan fingerprint density at radius 2 is 1.96 bits per heavy atom. The zero-order valence-corrected chi connectivity index (χ0v) is 13.8. The highest BCUT2D eigenvalue weighted by atomic mass is 19.4. The first-order valence-corrected chi connectivity index (χ1v) is 7.59. The molecular formula is C16H20F3N3O2. The van der Waals surface area contributed by atoms with Crippen LogP contribution in [0, 0.1) is 0 Å². The minimum Gasteiger partial charge on any atom is -0.443 e. The number of nitrogens with one attached hydrogen (secondary N) is 2. The summed E-state index contributed by atoms with van der Waals surface area (Å²) in [5.41, 5.74) is 3.75. The van der Waals surface area contributed by atoms with Crippen molar-refractivity contribution in [3.05, 3.63) is 29.5 Å². The molecule has 2 rings (SSSR count). The third kappa shape index (κ3) is 4.87. The quantitative estimate of drug-likeness (QED) is 0.792. The van der Waals surface area contributed by atoms with Crippen molar-refractivity contribution in [2.75, 3.05) is 5.43 Å². The third-order valence-electron chi connectivity index (χ3n) is 3.24. The van der Waals surface area contributed by atoms with E-state index >= 15 is 0 Å². The van der Waals surface area contributed by atoms with Crippen LogP contribution in [0.3, 0.4) is 0 Å². The summed E-state index contributed by atoms with van der Waals surface area (Å²) in [5.74, 6) is 0.108. The summed E-state index contributed by atoms with van der Waals surface area (Å²) < 4.78 is 44.5. The van der Waals surface area contributed by atoms with Crippen molar-refractivity contribution in [2.24, 2.45) is 0 Å². The summed E-state index contributed by atoms with van der Waals surface area (Å²) in [7, 11) is 0. The van der Waals surface area contributed by atoms with Crippen LogP contribution in [0.15, 0.2) is 18.2 Å². The summed E-state index contributed by atoms with van der Waals surface area (Å²) in [6.45, 7) is 5.11.